The van der Waals surface area contributed by atoms with Gasteiger partial charge >= 0.3 is 0 Å². The van der Waals surface area contributed by atoms with E-state index >= 15 is 0 Å². The number of methoxy groups -OCH3 is 1. The fourth-order valence-corrected chi connectivity index (χ4v) is 4.35. The molecule has 2 heterocycles. The second-order valence-electron chi connectivity index (χ2n) is 7.70. The Morgan fingerprint density at radius 3 is 2.72 bits per heavy atom. The largest absolute Gasteiger partial charge is 0.494 e. The van der Waals surface area contributed by atoms with Crippen LogP contribution in [0.3, 0.4) is 0 Å². The van der Waals surface area contributed by atoms with Crippen molar-refractivity contribution in [2.45, 2.75) is 44.2 Å². The van der Waals surface area contributed by atoms with Crippen molar-refractivity contribution in [2.75, 3.05) is 40.3 Å². The van der Waals surface area contributed by atoms with Crippen LogP contribution in [0.15, 0.2) is 18.2 Å². The molecule has 3 rings (SSSR count). The predicted octanol–water partition coefficient (Wildman–Crippen LogP) is 2.60. The molecule has 2 aliphatic heterocycles. The van der Waals surface area contributed by atoms with Crippen molar-refractivity contribution in [1.82, 2.24) is 15.5 Å². The summed E-state index contributed by atoms with van der Waals surface area (Å²) in [7, 11) is 3.71. The third kappa shape index (κ3) is 4.52. The molecular formula is C20H32FN3O. The first-order valence-electron chi connectivity index (χ1n) is 9.57. The fourth-order valence-electron chi connectivity index (χ4n) is 4.35. The third-order valence-electron chi connectivity index (χ3n) is 6.03. The lowest BCUT2D eigenvalue weighted by Crippen LogP contribution is -2.53. The Morgan fingerprint density at radius 1 is 1.28 bits per heavy atom. The van der Waals surface area contributed by atoms with Crippen molar-refractivity contribution in [2.24, 2.45) is 5.92 Å². The smallest absolute Gasteiger partial charge is 0.165 e. The second kappa shape index (κ2) is 8.47. The molecule has 2 fully saturated rings. The molecule has 2 aliphatic rings. The number of ether oxygens (including phenoxy) is 1. The van der Waals surface area contributed by atoms with Crippen LogP contribution < -0.4 is 15.4 Å². The van der Waals surface area contributed by atoms with Crippen LogP contribution in [0.1, 0.15) is 37.7 Å². The highest BCUT2D eigenvalue weighted by Gasteiger charge is 2.30. The van der Waals surface area contributed by atoms with Gasteiger partial charge in [0.05, 0.1) is 7.11 Å². The number of piperidine rings is 2. The maximum Gasteiger partial charge on any atom is 0.165 e. The van der Waals surface area contributed by atoms with Gasteiger partial charge in [-0.25, -0.2) is 4.39 Å². The highest BCUT2D eigenvalue weighted by molar-refractivity contribution is 5.32. The maximum absolute atomic E-state index is 14.2. The van der Waals surface area contributed by atoms with Gasteiger partial charge in [-0.3, -0.25) is 0 Å². The van der Waals surface area contributed by atoms with Gasteiger partial charge in [-0.2, -0.15) is 0 Å². The van der Waals surface area contributed by atoms with Gasteiger partial charge in [-0.1, -0.05) is 6.07 Å². The molecule has 1 unspecified atom stereocenters. The second-order valence-corrected chi connectivity index (χ2v) is 7.70. The van der Waals surface area contributed by atoms with Crippen molar-refractivity contribution in [1.29, 1.82) is 0 Å². The monoisotopic (exact) mass is 349 g/mol. The van der Waals surface area contributed by atoms with E-state index in [2.05, 4.69) is 29.5 Å². The summed E-state index contributed by atoms with van der Waals surface area (Å²) in [6, 6.07) is 6.26. The molecule has 140 valence electrons. The zero-order chi connectivity index (χ0) is 17.8. The highest BCUT2D eigenvalue weighted by atomic mass is 19.1. The lowest BCUT2D eigenvalue weighted by Gasteiger charge is -2.39. The van der Waals surface area contributed by atoms with Crippen LogP contribution in [-0.2, 0) is 0 Å². The molecular weight excluding hydrogens is 317 g/mol. The number of nitrogens with zero attached hydrogens (tertiary/aromatic N) is 1. The van der Waals surface area contributed by atoms with Crippen molar-refractivity contribution < 1.29 is 9.13 Å². The Morgan fingerprint density at radius 2 is 2.04 bits per heavy atom. The summed E-state index contributed by atoms with van der Waals surface area (Å²) >= 11 is 0. The van der Waals surface area contributed by atoms with Gasteiger partial charge in [0.1, 0.15) is 0 Å². The van der Waals surface area contributed by atoms with Crippen molar-refractivity contribution in [3.63, 3.8) is 0 Å². The summed E-state index contributed by atoms with van der Waals surface area (Å²) in [5.41, 5.74) is 1.08. The number of nitrogens with one attached hydrogen (secondary N) is 2. The molecule has 0 spiro atoms. The van der Waals surface area contributed by atoms with Gasteiger partial charge < -0.3 is 20.3 Å². The predicted molar refractivity (Wildman–Crippen MR) is 99.8 cm³/mol. The first-order valence-corrected chi connectivity index (χ1v) is 9.57. The fraction of sp³-hybridized carbons (Fsp3) is 0.700. The van der Waals surface area contributed by atoms with Crippen molar-refractivity contribution >= 4 is 0 Å². The zero-order valence-electron chi connectivity index (χ0n) is 15.7. The van der Waals surface area contributed by atoms with Crippen LogP contribution in [0.25, 0.3) is 0 Å². The minimum absolute atomic E-state index is 0.263. The van der Waals surface area contributed by atoms with Crippen LogP contribution >= 0.6 is 0 Å². The molecule has 25 heavy (non-hydrogen) atoms. The van der Waals surface area contributed by atoms with E-state index in [1.807, 2.05) is 6.07 Å². The Labute approximate surface area is 151 Å². The Balaban J connectivity index is 1.67. The summed E-state index contributed by atoms with van der Waals surface area (Å²) in [4.78, 5) is 2.41. The average molecular weight is 349 g/mol. The molecule has 0 aliphatic carbocycles. The Hall–Kier alpha value is -1.17. The van der Waals surface area contributed by atoms with E-state index in [9.17, 15) is 4.39 Å². The van der Waals surface area contributed by atoms with E-state index in [1.54, 1.807) is 12.1 Å². The van der Waals surface area contributed by atoms with Gasteiger partial charge in [0, 0.05) is 24.5 Å². The third-order valence-corrected chi connectivity index (χ3v) is 6.03. The summed E-state index contributed by atoms with van der Waals surface area (Å²) in [6.07, 6.45) is 3.54. The summed E-state index contributed by atoms with van der Waals surface area (Å²) in [5.74, 6) is 1.13. The quantitative estimate of drug-likeness (QED) is 0.857. The number of hydrogen-bond acceptors (Lipinski definition) is 4. The first kappa shape index (κ1) is 18.6. The van der Waals surface area contributed by atoms with E-state index in [-0.39, 0.29) is 5.82 Å². The molecule has 1 aromatic rings. The molecule has 0 radical (unpaired) electrons. The molecule has 0 amide bonds. The van der Waals surface area contributed by atoms with Gasteiger partial charge in [-0.15, -0.1) is 0 Å². The van der Waals surface area contributed by atoms with Gasteiger partial charge in [0.25, 0.3) is 0 Å². The maximum atomic E-state index is 14.2. The molecule has 1 aromatic carbocycles. The number of benzene rings is 1. The highest BCUT2D eigenvalue weighted by Crippen LogP contribution is 2.30. The lowest BCUT2D eigenvalue weighted by molar-refractivity contribution is 0.176. The molecule has 2 N–H and O–H groups in total. The van der Waals surface area contributed by atoms with Crippen LogP contribution in [0.4, 0.5) is 4.39 Å². The van der Waals surface area contributed by atoms with Crippen LogP contribution in [-0.4, -0.2) is 57.3 Å². The van der Waals surface area contributed by atoms with E-state index in [0.29, 0.717) is 23.8 Å². The topological polar surface area (TPSA) is 36.5 Å². The van der Waals surface area contributed by atoms with Crippen LogP contribution in [0.2, 0.25) is 0 Å². The lowest BCUT2D eigenvalue weighted by atomic mass is 9.83. The standard InChI is InChI=1S/C20H32FN3O/c1-14(15-7-10-24(2)11-8-15)23-19-13-22-9-6-17(19)16-4-5-20(25-3)18(21)12-16/h4-5,12,14-15,17,19,22-23H,6-11,13H2,1-3H3/t14?,17-,19-/m0/s1. The van der Waals surface area contributed by atoms with Gasteiger partial charge in [0.2, 0.25) is 0 Å². The number of hydrogen-bond donors (Lipinski definition) is 2. The summed E-state index contributed by atoms with van der Waals surface area (Å²) < 4.78 is 19.2. The molecule has 0 aromatic heterocycles. The van der Waals surface area contributed by atoms with E-state index in [4.69, 9.17) is 4.74 Å². The summed E-state index contributed by atoms with van der Waals surface area (Å²) in [5, 5.41) is 7.36. The first-order chi connectivity index (χ1) is 12.1. The zero-order valence-corrected chi connectivity index (χ0v) is 15.7. The van der Waals surface area contributed by atoms with E-state index < -0.39 is 0 Å². The summed E-state index contributed by atoms with van der Waals surface area (Å²) in [6.45, 7) is 6.62. The number of rotatable bonds is 5. The van der Waals surface area contributed by atoms with Gasteiger partial charge in [0.15, 0.2) is 11.6 Å². The normalized spacial score (nSPS) is 27.2. The molecule has 0 saturated carbocycles. The van der Waals surface area contributed by atoms with Crippen LogP contribution in [0, 0.1) is 11.7 Å². The average Bonchev–Trinajstić information content (AvgIpc) is 2.62. The van der Waals surface area contributed by atoms with E-state index in [1.165, 1.54) is 33.0 Å². The molecule has 4 nitrogen and oxygen atoms in total. The molecule has 2 saturated heterocycles. The SMILES string of the molecule is COc1ccc([C@@H]2CCNC[C@@H]2NC(C)C2CCN(C)CC2)cc1F. The number of halogens is 1. The minimum atomic E-state index is -0.263. The van der Waals surface area contributed by atoms with Crippen LogP contribution in [0.5, 0.6) is 5.75 Å². The van der Waals surface area contributed by atoms with Gasteiger partial charge in [-0.05, 0) is 76.5 Å². The molecule has 3 atom stereocenters. The number of likely N-dealkylation sites (tertiary alicyclic amines) is 1. The molecule has 5 heteroatoms. The van der Waals surface area contributed by atoms with Crippen molar-refractivity contribution in [3.8, 4) is 5.75 Å². The minimum Gasteiger partial charge on any atom is -0.494 e. The molecule has 0 bridgehead atoms. The van der Waals surface area contributed by atoms with E-state index in [0.717, 1.165) is 31.0 Å². The Kier molecular flexibility index (Phi) is 6.31. The Bertz CT molecular complexity index is 560. The van der Waals surface area contributed by atoms with Crippen molar-refractivity contribution in [3.05, 3.63) is 29.6 Å².